The van der Waals surface area contributed by atoms with Gasteiger partial charge in [0.25, 0.3) is 0 Å². The molecule has 1 N–H and O–H groups in total. The largest absolute Gasteiger partial charge is 0.471 e. The molecule has 1 aromatic heterocycles. The molecule has 7 nitrogen and oxygen atoms in total. The van der Waals surface area contributed by atoms with Crippen molar-refractivity contribution >= 4 is 11.8 Å². The zero-order valence-electron chi connectivity index (χ0n) is 21.3. The summed E-state index contributed by atoms with van der Waals surface area (Å²) >= 11 is 0. The molecule has 190 valence electrons. The van der Waals surface area contributed by atoms with Gasteiger partial charge in [-0.1, -0.05) is 36.8 Å². The van der Waals surface area contributed by atoms with Crippen LogP contribution in [0.3, 0.4) is 0 Å². The molecule has 7 heteroatoms. The lowest BCUT2D eigenvalue weighted by Gasteiger charge is -2.43. The van der Waals surface area contributed by atoms with Crippen LogP contribution in [0.4, 0.5) is 10.5 Å². The minimum Gasteiger partial charge on any atom is -0.471 e. The third-order valence-corrected chi connectivity index (χ3v) is 6.76. The van der Waals surface area contributed by atoms with Crippen LogP contribution in [0.1, 0.15) is 64.1 Å². The van der Waals surface area contributed by atoms with Gasteiger partial charge in [-0.3, -0.25) is 0 Å². The fourth-order valence-corrected chi connectivity index (χ4v) is 4.71. The number of hydrogen-bond donors (Lipinski definition) is 1. The van der Waals surface area contributed by atoms with Crippen LogP contribution in [0.5, 0.6) is 5.88 Å². The Morgan fingerprint density at radius 1 is 1.11 bits per heavy atom. The number of pyridine rings is 1. The number of aliphatic hydroxyl groups is 1. The van der Waals surface area contributed by atoms with E-state index in [0.717, 1.165) is 37.2 Å². The van der Waals surface area contributed by atoms with Crippen LogP contribution in [-0.2, 0) is 18.0 Å². The molecule has 35 heavy (non-hydrogen) atoms. The fraction of sp³-hybridized carbons (Fsp3) is 0.571. The molecule has 0 bridgehead atoms. The van der Waals surface area contributed by atoms with Gasteiger partial charge in [-0.15, -0.1) is 0 Å². The van der Waals surface area contributed by atoms with Crippen molar-refractivity contribution in [3.05, 3.63) is 53.7 Å². The number of aliphatic hydroxyl groups excluding tert-OH is 1. The average Bonchev–Trinajstić information content (AvgIpc) is 2.81. The Kier molecular flexibility index (Phi) is 8.16. The average molecular weight is 482 g/mol. The third-order valence-electron chi connectivity index (χ3n) is 6.76. The van der Waals surface area contributed by atoms with E-state index in [1.165, 1.54) is 19.3 Å². The monoisotopic (exact) mass is 481 g/mol. The SMILES string of the molecule is CC(C)(C)OC(=O)N(CC1CCC1)C1CCCN(c2ccc(CO)nc2OCc2ccccc2)C1. The highest BCUT2D eigenvalue weighted by Crippen LogP contribution is 2.33. The van der Waals surface area contributed by atoms with Crippen LogP contribution in [0.25, 0.3) is 0 Å². The minimum atomic E-state index is -0.522. The van der Waals surface area contributed by atoms with Crippen molar-refractivity contribution in [3.63, 3.8) is 0 Å². The van der Waals surface area contributed by atoms with Crippen molar-refractivity contribution in [2.45, 2.75) is 77.7 Å². The molecule has 1 atom stereocenters. The maximum Gasteiger partial charge on any atom is 0.410 e. The Hall–Kier alpha value is -2.80. The first-order chi connectivity index (χ1) is 16.8. The van der Waals surface area contributed by atoms with Crippen LogP contribution in [-0.4, -0.2) is 52.4 Å². The van der Waals surface area contributed by atoms with Gasteiger partial charge in [0, 0.05) is 19.6 Å². The number of aromatic nitrogens is 1. The summed E-state index contributed by atoms with van der Waals surface area (Å²) in [5.74, 6) is 1.08. The zero-order chi connectivity index (χ0) is 24.8. The predicted octanol–water partition coefficient (Wildman–Crippen LogP) is 5.16. The second-order valence-electron chi connectivity index (χ2n) is 10.7. The van der Waals surface area contributed by atoms with E-state index in [9.17, 15) is 9.90 Å². The van der Waals surface area contributed by atoms with Crippen molar-refractivity contribution in [1.82, 2.24) is 9.88 Å². The quantitative estimate of drug-likeness (QED) is 0.561. The van der Waals surface area contributed by atoms with Crippen LogP contribution < -0.4 is 9.64 Å². The smallest absolute Gasteiger partial charge is 0.410 e. The van der Waals surface area contributed by atoms with Gasteiger partial charge in [0.2, 0.25) is 5.88 Å². The van der Waals surface area contributed by atoms with Gasteiger partial charge in [-0.25, -0.2) is 9.78 Å². The maximum atomic E-state index is 13.2. The number of rotatable bonds is 8. The van der Waals surface area contributed by atoms with Crippen LogP contribution in [0, 0.1) is 5.92 Å². The first-order valence-electron chi connectivity index (χ1n) is 12.8. The Morgan fingerprint density at radius 3 is 2.54 bits per heavy atom. The van der Waals surface area contributed by atoms with E-state index < -0.39 is 5.60 Å². The summed E-state index contributed by atoms with van der Waals surface area (Å²) < 4.78 is 12.0. The van der Waals surface area contributed by atoms with Crippen molar-refractivity contribution in [1.29, 1.82) is 0 Å². The van der Waals surface area contributed by atoms with Gasteiger partial charge >= 0.3 is 6.09 Å². The molecule has 1 amide bonds. The minimum absolute atomic E-state index is 0.0682. The normalized spacial score (nSPS) is 18.6. The van der Waals surface area contributed by atoms with Crippen molar-refractivity contribution < 1.29 is 19.4 Å². The van der Waals surface area contributed by atoms with Gasteiger partial charge in [-0.2, -0.15) is 0 Å². The number of hydrogen-bond acceptors (Lipinski definition) is 6. The van der Waals surface area contributed by atoms with Crippen LogP contribution in [0.15, 0.2) is 42.5 Å². The first-order valence-corrected chi connectivity index (χ1v) is 12.8. The number of carbonyl (C=O) groups excluding carboxylic acids is 1. The fourth-order valence-electron chi connectivity index (χ4n) is 4.71. The lowest BCUT2D eigenvalue weighted by Crippen LogP contribution is -2.53. The molecule has 0 radical (unpaired) electrons. The number of benzene rings is 1. The highest BCUT2D eigenvalue weighted by atomic mass is 16.6. The predicted molar refractivity (Wildman–Crippen MR) is 136 cm³/mol. The number of carbonyl (C=O) groups is 1. The molecule has 2 aliphatic rings. The van der Waals surface area contributed by atoms with E-state index in [1.54, 1.807) is 0 Å². The summed E-state index contributed by atoms with van der Waals surface area (Å²) in [6.45, 7) is 8.35. The molecule has 1 aliphatic carbocycles. The van der Waals surface area contributed by atoms with Crippen molar-refractivity contribution in [2.75, 3.05) is 24.5 Å². The summed E-state index contributed by atoms with van der Waals surface area (Å²) in [5.41, 5.74) is 2.01. The standard InChI is InChI=1S/C28H39N3O4/c1-28(2,3)35-27(33)31(17-21-11-7-12-21)24-13-8-16-30(18-24)25-15-14-23(19-32)29-26(25)34-20-22-9-5-4-6-10-22/h4-6,9-10,14-15,21,24,32H,7-8,11-13,16-20H2,1-3H3. The number of piperidine rings is 1. The zero-order valence-corrected chi connectivity index (χ0v) is 21.3. The summed E-state index contributed by atoms with van der Waals surface area (Å²) in [6.07, 6.45) is 5.30. The molecule has 1 unspecified atom stereocenters. The number of anilines is 1. The van der Waals surface area contributed by atoms with Gasteiger partial charge in [-0.05, 0) is 70.1 Å². The Bertz CT molecular complexity index is 972. The van der Waals surface area contributed by atoms with Crippen molar-refractivity contribution in [3.8, 4) is 5.88 Å². The highest BCUT2D eigenvalue weighted by molar-refractivity contribution is 5.69. The van der Waals surface area contributed by atoms with E-state index in [4.69, 9.17) is 9.47 Å². The molecular weight excluding hydrogens is 442 g/mol. The van der Waals surface area contributed by atoms with Crippen LogP contribution in [0.2, 0.25) is 0 Å². The number of ether oxygens (including phenoxy) is 2. The summed E-state index contributed by atoms with van der Waals surface area (Å²) in [5, 5.41) is 9.64. The molecular formula is C28H39N3O4. The number of nitrogens with zero attached hydrogens (tertiary/aromatic N) is 3. The molecule has 0 spiro atoms. The van der Waals surface area contributed by atoms with Gasteiger partial charge in [0.05, 0.1) is 24.0 Å². The molecule has 1 saturated carbocycles. The Morgan fingerprint density at radius 2 is 1.89 bits per heavy atom. The third kappa shape index (κ3) is 6.88. The Balaban J connectivity index is 1.52. The van der Waals surface area contributed by atoms with Gasteiger partial charge in [0.15, 0.2) is 0 Å². The first kappa shape index (κ1) is 25.3. The molecule has 2 fully saturated rings. The van der Waals surface area contributed by atoms with Gasteiger partial charge < -0.3 is 24.4 Å². The molecule has 2 heterocycles. The van der Waals surface area contributed by atoms with E-state index in [1.807, 2.05) is 68.1 Å². The molecule has 1 aromatic carbocycles. The van der Waals surface area contributed by atoms with E-state index in [0.29, 0.717) is 30.6 Å². The highest BCUT2D eigenvalue weighted by Gasteiger charge is 2.35. The van der Waals surface area contributed by atoms with E-state index in [-0.39, 0.29) is 18.7 Å². The van der Waals surface area contributed by atoms with Gasteiger partial charge in [0.1, 0.15) is 12.2 Å². The second-order valence-corrected chi connectivity index (χ2v) is 10.7. The summed E-state index contributed by atoms with van der Waals surface area (Å²) in [7, 11) is 0. The lowest BCUT2D eigenvalue weighted by molar-refractivity contribution is 0.00735. The van der Waals surface area contributed by atoms with Crippen molar-refractivity contribution in [2.24, 2.45) is 5.92 Å². The van der Waals surface area contributed by atoms with E-state index >= 15 is 0 Å². The molecule has 4 rings (SSSR count). The topological polar surface area (TPSA) is 75.1 Å². The maximum absolute atomic E-state index is 13.2. The summed E-state index contributed by atoms with van der Waals surface area (Å²) in [6, 6.07) is 13.9. The number of amides is 1. The van der Waals surface area contributed by atoms with E-state index in [2.05, 4.69) is 9.88 Å². The molecule has 1 aliphatic heterocycles. The Labute approximate surface area is 209 Å². The second kappa shape index (κ2) is 11.3. The van der Waals surface area contributed by atoms with Crippen LogP contribution >= 0.6 is 0 Å². The molecule has 1 saturated heterocycles. The molecule has 2 aromatic rings. The lowest BCUT2D eigenvalue weighted by atomic mass is 9.84. The summed E-state index contributed by atoms with van der Waals surface area (Å²) in [4.78, 5) is 22.0.